The number of rotatable bonds is 5. The summed E-state index contributed by atoms with van der Waals surface area (Å²) in [6.45, 7) is 0.332. The second-order valence-electron chi connectivity index (χ2n) is 4.72. The molecule has 22 heavy (non-hydrogen) atoms. The first-order valence-electron chi connectivity index (χ1n) is 6.52. The Morgan fingerprint density at radius 1 is 1.14 bits per heavy atom. The topological polar surface area (TPSA) is 29.5 Å². The number of halogens is 3. The molecule has 0 unspecified atom stereocenters. The van der Waals surface area contributed by atoms with E-state index in [9.17, 15) is 9.18 Å². The van der Waals surface area contributed by atoms with Crippen molar-refractivity contribution in [2.75, 3.05) is 13.7 Å². The molecule has 6 heteroatoms. The third-order valence-corrected chi connectivity index (χ3v) is 4.27. The number of nitrogens with zero attached hydrogens (tertiary/aromatic N) is 1. The number of amides is 1. The van der Waals surface area contributed by atoms with Crippen molar-refractivity contribution < 1.29 is 13.9 Å². The Kier molecular flexibility index (Phi) is 5.97. The molecule has 0 saturated heterocycles. The maximum atomic E-state index is 12.9. The molecule has 0 fully saturated rings. The SMILES string of the molecule is CN(Cc1ccc(F)cc1)C(=O)COc1c(Br)cccc1Br. The lowest BCUT2D eigenvalue weighted by Crippen LogP contribution is -2.31. The lowest BCUT2D eigenvalue weighted by Gasteiger charge is -2.18. The molecule has 0 aromatic heterocycles. The van der Waals surface area contributed by atoms with Crippen LogP contribution in [0.4, 0.5) is 4.39 Å². The summed E-state index contributed by atoms with van der Waals surface area (Å²) in [5.74, 6) is 0.137. The summed E-state index contributed by atoms with van der Waals surface area (Å²) < 4.78 is 20.0. The Labute approximate surface area is 145 Å². The largest absolute Gasteiger partial charge is 0.481 e. The molecule has 3 nitrogen and oxygen atoms in total. The van der Waals surface area contributed by atoms with Crippen LogP contribution in [0.25, 0.3) is 0 Å². The third kappa shape index (κ3) is 4.55. The highest BCUT2D eigenvalue weighted by atomic mass is 79.9. The zero-order valence-corrected chi connectivity index (χ0v) is 15.0. The van der Waals surface area contributed by atoms with Gasteiger partial charge in [0.1, 0.15) is 11.6 Å². The number of carbonyl (C=O) groups is 1. The monoisotopic (exact) mass is 429 g/mol. The van der Waals surface area contributed by atoms with Crippen LogP contribution in [0, 0.1) is 5.82 Å². The summed E-state index contributed by atoms with van der Waals surface area (Å²) in [5, 5.41) is 0. The van der Waals surface area contributed by atoms with Gasteiger partial charge >= 0.3 is 0 Å². The maximum absolute atomic E-state index is 12.9. The molecule has 2 aromatic rings. The highest BCUT2D eigenvalue weighted by molar-refractivity contribution is 9.11. The van der Waals surface area contributed by atoms with Crippen LogP contribution in [0.1, 0.15) is 5.56 Å². The van der Waals surface area contributed by atoms with Crippen molar-refractivity contribution in [3.05, 3.63) is 62.8 Å². The van der Waals surface area contributed by atoms with E-state index in [1.54, 1.807) is 19.2 Å². The molecule has 2 rings (SSSR count). The molecule has 0 radical (unpaired) electrons. The molecular formula is C16H14Br2FNO2. The van der Waals surface area contributed by atoms with Crippen LogP contribution in [0.15, 0.2) is 51.4 Å². The van der Waals surface area contributed by atoms with Crippen LogP contribution >= 0.6 is 31.9 Å². The molecule has 0 spiro atoms. The molecular weight excluding hydrogens is 417 g/mol. The van der Waals surface area contributed by atoms with Crippen LogP contribution in [0.3, 0.4) is 0 Å². The van der Waals surface area contributed by atoms with Gasteiger partial charge in [-0.3, -0.25) is 4.79 Å². The van der Waals surface area contributed by atoms with E-state index in [-0.39, 0.29) is 18.3 Å². The number of hydrogen-bond donors (Lipinski definition) is 0. The summed E-state index contributed by atoms with van der Waals surface area (Å²) in [6.07, 6.45) is 0. The molecule has 0 aliphatic heterocycles. The van der Waals surface area contributed by atoms with Gasteiger partial charge in [-0.05, 0) is 61.7 Å². The Morgan fingerprint density at radius 2 is 1.73 bits per heavy atom. The summed E-state index contributed by atoms with van der Waals surface area (Å²) in [4.78, 5) is 13.6. The average Bonchev–Trinajstić information content (AvgIpc) is 2.48. The molecule has 0 heterocycles. The van der Waals surface area contributed by atoms with Gasteiger partial charge < -0.3 is 9.64 Å². The first-order chi connectivity index (χ1) is 10.5. The predicted molar refractivity (Wildman–Crippen MR) is 90.2 cm³/mol. The van der Waals surface area contributed by atoms with Crippen molar-refractivity contribution in [3.63, 3.8) is 0 Å². The molecule has 1 amide bonds. The van der Waals surface area contributed by atoms with Crippen molar-refractivity contribution in [1.82, 2.24) is 4.90 Å². The molecule has 116 valence electrons. The Morgan fingerprint density at radius 3 is 2.32 bits per heavy atom. The molecule has 0 N–H and O–H groups in total. The lowest BCUT2D eigenvalue weighted by atomic mass is 10.2. The van der Waals surface area contributed by atoms with Crippen molar-refractivity contribution in [2.45, 2.75) is 6.54 Å². The van der Waals surface area contributed by atoms with Gasteiger partial charge in [0.15, 0.2) is 6.61 Å². The molecule has 0 saturated carbocycles. The van der Waals surface area contributed by atoms with Gasteiger partial charge in [-0.2, -0.15) is 0 Å². The molecule has 2 aromatic carbocycles. The molecule has 0 aliphatic carbocycles. The zero-order valence-electron chi connectivity index (χ0n) is 11.9. The summed E-state index contributed by atoms with van der Waals surface area (Å²) in [6, 6.07) is 11.6. The van der Waals surface area contributed by atoms with E-state index in [4.69, 9.17) is 4.74 Å². The van der Waals surface area contributed by atoms with Crippen LogP contribution in [-0.4, -0.2) is 24.5 Å². The van der Waals surface area contributed by atoms with Crippen LogP contribution < -0.4 is 4.74 Å². The van der Waals surface area contributed by atoms with Crippen molar-refractivity contribution in [3.8, 4) is 5.75 Å². The van der Waals surface area contributed by atoms with E-state index in [0.29, 0.717) is 12.3 Å². The second kappa shape index (κ2) is 7.74. The van der Waals surface area contributed by atoms with Gasteiger partial charge in [-0.15, -0.1) is 0 Å². The number of ether oxygens (including phenoxy) is 1. The number of hydrogen-bond acceptors (Lipinski definition) is 2. The minimum absolute atomic E-state index is 0.0705. The molecule has 0 aliphatic rings. The summed E-state index contributed by atoms with van der Waals surface area (Å²) in [7, 11) is 1.68. The number of para-hydroxylation sites is 1. The van der Waals surface area contributed by atoms with E-state index in [1.807, 2.05) is 18.2 Å². The number of benzene rings is 2. The van der Waals surface area contributed by atoms with E-state index < -0.39 is 0 Å². The molecule has 0 atom stereocenters. The quantitative estimate of drug-likeness (QED) is 0.704. The van der Waals surface area contributed by atoms with Gasteiger partial charge in [0, 0.05) is 13.6 Å². The average molecular weight is 431 g/mol. The first-order valence-corrected chi connectivity index (χ1v) is 8.11. The van der Waals surface area contributed by atoms with Gasteiger partial charge in [0.2, 0.25) is 0 Å². The van der Waals surface area contributed by atoms with Crippen molar-refractivity contribution >= 4 is 37.8 Å². The highest BCUT2D eigenvalue weighted by Gasteiger charge is 2.13. The minimum atomic E-state index is -0.292. The van der Waals surface area contributed by atoms with Gasteiger partial charge in [-0.25, -0.2) is 4.39 Å². The van der Waals surface area contributed by atoms with Crippen LogP contribution in [0.5, 0.6) is 5.75 Å². The minimum Gasteiger partial charge on any atom is -0.481 e. The highest BCUT2D eigenvalue weighted by Crippen LogP contribution is 2.32. The maximum Gasteiger partial charge on any atom is 0.260 e. The van der Waals surface area contributed by atoms with E-state index in [2.05, 4.69) is 31.9 Å². The van der Waals surface area contributed by atoms with E-state index in [1.165, 1.54) is 17.0 Å². The molecule has 0 bridgehead atoms. The summed E-state index contributed by atoms with van der Waals surface area (Å²) in [5.41, 5.74) is 0.860. The summed E-state index contributed by atoms with van der Waals surface area (Å²) >= 11 is 6.76. The Hall–Kier alpha value is -1.40. The first kappa shape index (κ1) is 17.0. The number of likely N-dealkylation sites (N-methyl/N-ethyl adjacent to an activating group) is 1. The van der Waals surface area contributed by atoms with Crippen molar-refractivity contribution in [2.24, 2.45) is 0 Å². The lowest BCUT2D eigenvalue weighted by molar-refractivity contribution is -0.132. The fourth-order valence-corrected chi connectivity index (χ4v) is 3.04. The fraction of sp³-hybridized carbons (Fsp3) is 0.188. The van der Waals surface area contributed by atoms with E-state index >= 15 is 0 Å². The number of carbonyl (C=O) groups excluding carboxylic acids is 1. The second-order valence-corrected chi connectivity index (χ2v) is 6.42. The van der Waals surface area contributed by atoms with Gasteiger partial charge in [0.05, 0.1) is 8.95 Å². The predicted octanol–water partition coefficient (Wildman–Crippen LogP) is 4.39. The smallest absolute Gasteiger partial charge is 0.260 e. The van der Waals surface area contributed by atoms with Crippen molar-refractivity contribution in [1.29, 1.82) is 0 Å². The van der Waals surface area contributed by atoms with Crippen LogP contribution in [0.2, 0.25) is 0 Å². The Bertz CT molecular complexity index is 641. The van der Waals surface area contributed by atoms with Gasteiger partial charge in [0.25, 0.3) is 5.91 Å². The standard InChI is InChI=1S/C16H14Br2FNO2/c1-20(9-11-5-7-12(19)8-6-11)15(21)10-22-16-13(17)3-2-4-14(16)18/h2-8H,9-10H2,1H3. The van der Waals surface area contributed by atoms with E-state index in [0.717, 1.165) is 14.5 Å². The Balaban J connectivity index is 1.93. The third-order valence-electron chi connectivity index (χ3n) is 3.02. The fourth-order valence-electron chi connectivity index (χ4n) is 1.82. The van der Waals surface area contributed by atoms with Gasteiger partial charge in [-0.1, -0.05) is 18.2 Å². The van der Waals surface area contributed by atoms with Crippen LogP contribution in [-0.2, 0) is 11.3 Å². The normalized spacial score (nSPS) is 10.4. The zero-order chi connectivity index (χ0) is 16.1.